The number of carboxylic acids is 1. The van der Waals surface area contributed by atoms with Crippen LogP contribution in [0.2, 0.25) is 0 Å². The molecule has 0 aliphatic carbocycles. The summed E-state index contributed by atoms with van der Waals surface area (Å²) in [7, 11) is 0. The van der Waals surface area contributed by atoms with Crippen LogP contribution in [0.15, 0.2) is 48.5 Å². The van der Waals surface area contributed by atoms with E-state index in [0.717, 1.165) is 16.7 Å². The zero-order chi connectivity index (χ0) is 15.2. The van der Waals surface area contributed by atoms with Gasteiger partial charge in [0, 0.05) is 12.6 Å². The predicted octanol–water partition coefficient (Wildman–Crippen LogP) is 3.30. The van der Waals surface area contributed by atoms with Crippen LogP contribution in [-0.4, -0.2) is 11.1 Å². The van der Waals surface area contributed by atoms with Crippen molar-refractivity contribution in [1.29, 1.82) is 0 Å². The third kappa shape index (κ3) is 4.39. The molecule has 2 rings (SSSR count). The summed E-state index contributed by atoms with van der Waals surface area (Å²) >= 11 is 0. The van der Waals surface area contributed by atoms with Gasteiger partial charge in [-0.1, -0.05) is 36.4 Å². The molecule has 0 radical (unpaired) electrons. The smallest absolute Gasteiger partial charge is 0.307 e. The Hall–Kier alpha value is -2.20. The molecule has 4 heteroatoms. The maximum absolute atomic E-state index is 13.2. The highest BCUT2D eigenvalue weighted by molar-refractivity contribution is 5.70. The minimum atomic E-state index is -0.847. The maximum atomic E-state index is 13.2. The van der Waals surface area contributed by atoms with Crippen LogP contribution in [0.5, 0.6) is 0 Å². The van der Waals surface area contributed by atoms with Crippen LogP contribution in [0, 0.1) is 5.82 Å². The molecule has 0 saturated carbocycles. The van der Waals surface area contributed by atoms with Crippen molar-refractivity contribution in [3.63, 3.8) is 0 Å². The number of nitrogens with one attached hydrogen (secondary N) is 1. The van der Waals surface area contributed by atoms with E-state index in [2.05, 4.69) is 5.32 Å². The Balaban J connectivity index is 2.04. The maximum Gasteiger partial charge on any atom is 0.307 e. The average Bonchev–Trinajstić information content (AvgIpc) is 2.45. The zero-order valence-electron chi connectivity index (χ0n) is 11.8. The average molecular weight is 287 g/mol. The number of rotatable bonds is 6. The molecule has 0 unspecified atom stereocenters. The number of benzene rings is 2. The summed E-state index contributed by atoms with van der Waals surface area (Å²) in [5.41, 5.74) is 2.61. The van der Waals surface area contributed by atoms with Gasteiger partial charge in [-0.2, -0.15) is 0 Å². The molecule has 0 amide bonds. The van der Waals surface area contributed by atoms with Gasteiger partial charge in [-0.3, -0.25) is 4.79 Å². The molecule has 0 aliphatic heterocycles. The van der Waals surface area contributed by atoms with E-state index in [1.807, 2.05) is 37.3 Å². The summed E-state index contributed by atoms with van der Waals surface area (Å²) in [4.78, 5) is 10.9. The van der Waals surface area contributed by atoms with E-state index >= 15 is 0 Å². The Morgan fingerprint density at radius 1 is 1.19 bits per heavy atom. The van der Waals surface area contributed by atoms with Crippen LogP contribution in [0.4, 0.5) is 4.39 Å². The summed E-state index contributed by atoms with van der Waals surface area (Å²) in [6, 6.07) is 13.9. The molecule has 0 heterocycles. The standard InChI is InChI=1S/C17H18FNO2/c1-12(13-7-4-8-16(18)9-13)19-11-15-6-3-2-5-14(15)10-17(20)21/h2-9,12,19H,10-11H2,1H3,(H,20,21)/t12-/m1/s1. The second-order valence-electron chi connectivity index (χ2n) is 5.00. The summed E-state index contributed by atoms with van der Waals surface area (Å²) < 4.78 is 13.2. The Kier molecular flexibility index (Phi) is 5.06. The first-order valence-corrected chi connectivity index (χ1v) is 6.83. The highest BCUT2D eigenvalue weighted by atomic mass is 19.1. The van der Waals surface area contributed by atoms with Crippen LogP contribution in [0.3, 0.4) is 0 Å². The van der Waals surface area contributed by atoms with Gasteiger partial charge < -0.3 is 10.4 Å². The highest BCUT2D eigenvalue weighted by Gasteiger charge is 2.09. The van der Waals surface area contributed by atoms with Crippen molar-refractivity contribution in [3.8, 4) is 0 Å². The van der Waals surface area contributed by atoms with Crippen molar-refractivity contribution in [2.24, 2.45) is 0 Å². The Morgan fingerprint density at radius 2 is 1.90 bits per heavy atom. The molecule has 0 aromatic heterocycles. The fraction of sp³-hybridized carbons (Fsp3) is 0.235. The van der Waals surface area contributed by atoms with E-state index < -0.39 is 5.97 Å². The van der Waals surface area contributed by atoms with Gasteiger partial charge >= 0.3 is 5.97 Å². The van der Waals surface area contributed by atoms with Crippen molar-refractivity contribution in [2.75, 3.05) is 0 Å². The van der Waals surface area contributed by atoms with Crippen LogP contribution >= 0.6 is 0 Å². The first-order valence-electron chi connectivity index (χ1n) is 6.83. The van der Waals surface area contributed by atoms with Crippen molar-refractivity contribution >= 4 is 5.97 Å². The molecule has 21 heavy (non-hydrogen) atoms. The van der Waals surface area contributed by atoms with Gasteiger partial charge in [0.05, 0.1) is 6.42 Å². The summed E-state index contributed by atoms with van der Waals surface area (Å²) in [6.45, 7) is 2.50. The van der Waals surface area contributed by atoms with Crippen LogP contribution in [-0.2, 0) is 17.8 Å². The van der Waals surface area contributed by atoms with Gasteiger partial charge in [0.2, 0.25) is 0 Å². The van der Waals surface area contributed by atoms with Crippen molar-refractivity contribution in [1.82, 2.24) is 5.32 Å². The van der Waals surface area contributed by atoms with Gasteiger partial charge in [-0.15, -0.1) is 0 Å². The van der Waals surface area contributed by atoms with E-state index in [-0.39, 0.29) is 18.3 Å². The van der Waals surface area contributed by atoms with E-state index in [1.54, 1.807) is 6.07 Å². The molecule has 0 saturated heterocycles. The van der Waals surface area contributed by atoms with Crippen LogP contribution in [0.1, 0.15) is 29.7 Å². The van der Waals surface area contributed by atoms with Crippen LogP contribution in [0.25, 0.3) is 0 Å². The lowest BCUT2D eigenvalue weighted by atomic mass is 10.0. The molecule has 110 valence electrons. The summed E-state index contributed by atoms with van der Waals surface area (Å²) in [5, 5.41) is 12.2. The third-order valence-corrected chi connectivity index (χ3v) is 3.41. The number of halogens is 1. The first kappa shape index (κ1) is 15.2. The number of carbonyl (C=O) groups is 1. The van der Waals surface area contributed by atoms with E-state index in [4.69, 9.17) is 5.11 Å². The third-order valence-electron chi connectivity index (χ3n) is 3.41. The molecule has 1 atom stereocenters. The summed E-state index contributed by atoms with van der Waals surface area (Å²) in [5.74, 6) is -1.10. The van der Waals surface area contributed by atoms with Crippen LogP contribution < -0.4 is 5.32 Å². The number of hydrogen-bond donors (Lipinski definition) is 2. The lowest BCUT2D eigenvalue weighted by Gasteiger charge is -2.16. The molecule has 0 bridgehead atoms. The quantitative estimate of drug-likeness (QED) is 0.857. The number of carboxylic acid groups (broad SMARTS) is 1. The minimum absolute atomic E-state index is 0.00615. The number of hydrogen-bond acceptors (Lipinski definition) is 2. The van der Waals surface area contributed by atoms with Gasteiger partial charge in [0.15, 0.2) is 0 Å². The predicted molar refractivity (Wildman–Crippen MR) is 79.4 cm³/mol. The van der Waals surface area contributed by atoms with Gasteiger partial charge in [0.25, 0.3) is 0 Å². The molecule has 0 aliphatic rings. The Labute approximate surface area is 123 Å². The fourth-order valence-electron chi connectivity index (χ4n) is 2.22. The van der Waals surface area contributed by atoms with Gasteiger partial charge in [-0.25, -0.2) is 4.39 Å². The molecule has 2 aromatic rings. The zero-order valence-corrected chi connectivity index (χ0v) is 11.8. The Morgan fingerprint density at radius 3 is 2.57 bits per heavy atom. The van der Waals surface area contributed by atoms with Crippen molar-refractivity contribution < 1.29 is 14.3 Å². The molecule has 2 aromatic carbocycles. The first-order chi connectivity index (χ1) is 10.1. The van der Waals surface area contributed by atoms with E-state index in [9.17, 15) is 9.18 Å². The molecule has 0 fully saturated rings. The second kappa shape index (κ2) is 6.99. The van der Waals surface area contributed by atoms with Gasteiger partial charge in [0.1, 0.15) is 5.82 Å². The van der Waals surface area contributed by atoms with Gasteiger partial charge in [-0.05, 0) is 35.7 Å². The molecular formula is C17H18FNO2. The largest absolute Gasteiger partial charge is 0.481 e. The molecule has 0 spiro atoms. The minimum Gasteiger partial charge on any atom is -0.481 e. The lowest BCUT2D eigenvalue weighted by Crippen LogP contribution is -2.19. The second-order valence-corrected chi connectivity index (χ2v) is 5.00. The molecule has 2 N–H and O–H groups in total. The van der Waals surface area contributed by atoms with E-state index in [1.165, 1.54) is 12.1 Å². The molecular weight excluding hydrogens is 269 g/mol. The Bertz CT molecular complexity index is 628. The fourth-order valence-corrected chi connectivity index (χ4v) is 2.22. The topological polar surface area (TPSA) is 49.3 Å². The van der Waals surface area contributed by atoms with Crippen molar-refractivity contribution in [2.45, 2.75) is 25.9 Å². The monoisotopic (exact) mass is 287 g/mol. The SMILES string of the molecule is C[C@@H](NCc1ccccc1CC(=O)O)c1cccc(F)c1. The molecule has 3 nitrogen and oxygen atoms in total. The number of aliphatic carboxylic acids is 1. The highest BCUT2D eigenvalue weighted by Crippen LogP contribution is 2.16. The summed E-state index contributed by atoms with van der Waals surface area (Å²) in [6.07, 6.45) is 0.00615. The normalized spacial score (nSPS) is 12.1. The van der Waals surface area contributed by atoms with Crippen molar-refractivity contribution in [3.05, 3.63) is 71.0 Å². The lowest BCUT2D eigenvalue weighted by molar-refractivity contribution is -0.136. The van der Waals surface area contributed by atoms with E-state index in [0.29, 0.717) is 6.54 Å².